The van der Waals surface area contributed by atoms with Crippen LogP contribution in [0.2, 0.25) is 0 Å². The van der Waals surface area contributed by atoms with Crippen LogP contribution in [0.1, 0.15) is 51.9 Å². The van der Waals surface area contributed by atoms with E-state index in [0.29, 0.717) is 23.7 Å². The van der Waals surface area contributed by atoms with E-state index in [1.54, 1.807) is 0 Å². The van der Waals surface area contributed by atoms with E-state index in [4.69, 9.17) is 0 Å². The van der Waals surface area contributed by atoms with Gasteiger partial charge in [-0.1, -0.05) is 0 Å². The zero-order chi connectivity index (χ0) is 14.6. The predicted octanol–water partition coefficient (Wildman–Crippen LogP) is 3.21. The van der Waals surface area contributed by atoms with E-state index >= 15 is 0 Å². The van der Waals surface area contributed by atoms with Crippen molar-refractivity contribution < 1.29 is 4.79 Å². The Balaban J connectivity index is 1.45. The van der Waals surface area contributed by atoms with Crippen molar-refractivity contribution in [1.82, 2.24) is 4.90 Å². The molecule has 21 heavy (non-hydrogen) atoms. The Hall–Kier alpha value is -1.04. The van der Waals surface area contributed by atoms with Crippen molar-refractivity contribution in [3.05, 3.63) is 0 Å². The number of piperidine rings is 1. The molecule has 0 radical (unpaired) electrons. The lowest BCUT2D eigenvalue weighted by Crippen LogP contribution is -2.53. The largest absolute Gasteiger partial charge is 0.342 e. The number of nitrogens with zero attached hydrogens (tertiary/aromatic N) is 2. The van der Waals surface area contributed by atoms with Gasteiger partial charge in [0.05, 0.1) is 11.5 Å². The maximum atomic E-state index is 13.0. The molecule has 1 amide bonds. The van der Waals surface area contributed by atoms with Crippen LogP contribution in [0.3, 0.4) is 0 Å². The third-order valence-electron chi connectivity index (χ3n) is 6.96. The Morgan fingerprint density at radius 3 is 2.05 bits per heavy atom. The molecule has 0 N–H and O–H groups in total. The Labute approximate surface area is 127 Å². The molecule has 114 valence electrons. The summed E-state index contributed by atoms with van der Waals surface area (Å²) < 4.78 is 0. The van der Waals surface area contributed by atoms with Crippen molar-refractivity contribution in [2.24, 2.45) is 35.0 Å². The van der Waals surface area contributed by atoms with E-state index in [0.717, 1.165) is 37.8 Å². The summed E-state index contributed by atoms with van der Waals surface area (Å²) in [5.74, 6) is 3.98. The summed E-state index contributed by atoms with van der Waals surface area (Å²) >= 11 is 0. The van der Waals surface area contributed by atoms with Gasteiger partial charge in [-0.15, -0.1) is 0 Å². The van der Waals surface area contributed by atoms with Gasteiger partial charge in [0.2, 0.25) is 5.91 Å². The molecule has 0 aromatic heterocycles. The molecule has 1 heterocycles. The first-order valence-electron chi connectivity index (χ1n) is 8.78. The average Bonchev–Trinajstić information content (AvgIpc) is 2.47. The second kappa shape index (κ2) is 4.73. The van der Waals surface area contributed by atoms with Gasteiger partial charge in [-0.2, -0.15) is 5.26 Å². The maximum Gasteiger partial charge on any atom is 0.226 e. The van der Waals surface area contributed by atoms with Gasteiger partial charge in [-0.25, -0.2) is 0 Å². The molecule has 1 aliphatic heterocycles. The molecule has 0 atom stereocenters. The second-order valence-corrected chi connectivity index (χ2v) is 8.45. The number of likely N-dealkylation sites (tertiary alicyclic amines) is 1. The predicted molar refractivity (Wildman–Crippen MR) is 80.1 cm³/mol. The van der Waals surface area contributed by atoms with Gasteiger partial charge in [-0.3, -0.25) is 4.79 Å². The molecule has 1 saturated heterocycles. The SMILES string of the molecule is CC1(C#N)CCN(C(=O)C2C3CC4CC(C3)CC2C4)CC1. The van der Waals surface area contributed by atoms with Gasteiger partial charge < -0.3 is 4.90 Å². The van der Waals surface area contributed by atoms with Crippen LogP contribution in [0.15, 0.2) is 0 Å². The summed E-state index contributed by atoms with van der Waals surface area (Å²) in [5.41, 5.74) is -0.207. The van der Waals surface area contributed by atoms with Crippen molar-refractivity contribution in [2.75, 3.05) is 13.1 Å². The average molecular weight is 286 g/mol. The molecule has 4 bridgehead atoms. The van der Waals surface area contributed by atoms with Crippen molar-refractivity contribution in [3.63, 3.8) is 0 Å². The second-order valence-electron chi connectivity index (χ2n) is 8.45. The Bertz CT molecular complexity index is 456. The Kier molecular flexibility index (Phi) is 3.07. The highest BCUT2D eigenvalue weighted by atomic mass is 16.2. The van der Waals surface area contributed by atoms with Crippen molar-refractivity contribution in [2.45, 2.75) is 51.9 Å². The fourth-order valence-electron chi connectivity index (χ4n) is 5.87. The van der Waals surface area contributed by atoms with Gasteiger partial charge in [0.1, 0.15) is 0 Å². The number of hydrogen-bond donors (Lipinski definition) is 0. The fraction of sp³-hybridized carbons (Fsp3) is 0.889. The minimum atomic E-state index is -0.207. The monoisotopic (exact) mass is 286 g/mol. The van der Waals surface area contributed by atoms with E-state index in [1.165, 1.54) is 32.1 Å². The minimum absolute atomic E-state index is 0.207. The lowest BCUT2D eigenvalue weighted by atomic mass is 9.51. The summed E-state index contributed by atoms with van der Waals surface area (Å²) in [5, 5.41) is 9.24. The fourth-order valence-corrected chi connectivity index (χ4v) is 5.87. The lowest BCUT2D eigenvalue weighted by Gasteiger charge is -2.54. The molecule has 3 heteroatoms. The van der Waals surface area contributed by atoms with Gasteiger partial charge in [0, 0.05) is 19.0 Å². The maximum absolute atomic E-state index is 13.0. The normalized spacial score (nSPS) is 43.6. The number of amides is 1. The van der Waals surface area contributed by atoms with Crippen molar-refractivity contribution in [1.29, 1.82) is 5.26 Å². The van der Waals surface area contributed by atoms with E-state index in [2.05, 4.69) is 11.0 Å². The van der Waals surface area contributed by atoms with Crippen LogP contribution in [-0.4, -0.2) is 23.9 Å². The minimum Gasteiger partial charge on any atom is -0.342 e. The van der Waals surface area contributed by atoms with Gasteiger partial charge in [0.15, 0.2) is 0 Å². The van der Waals surface area contributed by atoms with Crippen molar-refractivity contribution >= 4 is 5.91 Å². The molecule has 0 unspecified atom stereocenters. The molecule has 5 rings (SSSR count). The Morgan fingerprint density at radius 2 is 1.57 bits per heavy atom. The van der Waals surface area contributed by atoms with Crippen LogP contribution in [0.25, 0.3) is 0 Å². The molecule has 5 aliphatic rings. The topological polar surface area (TPSA) is 44.1 Å². The molecular formula is C18H26N2O. The smallest absolute Gasteiger partial charge is 0.226 e. The number of carbonyl (C=O) groups excluding carboxylic acids is 1. The summed E-state index contributed by atoms with van der Waals surface area (Å²) in [6, 6.07) is 2.43. The number of nitriles is 1. The van der Waals surface area contributed by atoms with Gasteiger partial charge >= 0.3 is 0 Å². The van der Waals surface area contributed by atoms with Gasteiger partial charge in [0.25, 0.3) is 0 Å². The van der Waals surface area contributed by atoms with E-state index < -0.39 is 0 Å². The number of hydrogen-bond acceptors (Lipinski definition) is 2. The first kappa shape index (κ1) is 13.6. The highest BCUT2D eigenvalue weighted by Gasteiger charge is 2.51. The van der Waals surface area contributed by atoms with E-state index in [9.17, 15) is 10.1 Å². The number of rotatable bonds is 1. The summed E-state index contributed by atoms with van der Waals surface area (Å²) in [6.45, 7) is 3.63. The molecular weight excluding hydrogens is 260 g/mol. The quantitative estimate of drug-likeness (QED) is 0.743. The van der Waals surface area contributed by atoms with Gasteiger partial charge in [-0.05, 0) is 75.5 Å². The van der Waals surface area contributed by atoms with E-state index in [-0.39, 0.29) is 5.41 Å². The van der Waals surface area contributed by atoms with E-state index in [1.807, 2.05) is 6.92 Å². The zero-order valence-electron chi connectivity index (χ0n) is 13.1. The molecule has 0 aromatic carbocycles. The highest BCUT2D eigenvalue weighted by Crippen LogP contribution is 2.57. The molecule has 4 saturated carbocycles. The lowest BCUT2D eigenvalue weighted by molar-refractivity contribution is -0.150. The molecule has 3 nitrogen and oxygen atoms in total. The highest BCUT2D eigenvalue weighted by molar-refractivity contribution is 5.80. The first-order chi connectivity index (χ1) is 10.1. The van der Waals surface area contributed by atoms with Crippen LogP contribution in [0.4, 0.5) is 0 Å². The third-order valence-corrected chi connectivity index (χ3v) is 6.96. The molecule has 0 aromatic rings. The zero-order valence-corrected chi connectivity index (χ0v) is 13.1. The summed E-state index contributed by atoms with van der Waals surface area (Å²) in [4.78, 5) is 15.1. The molecule has 5 fully saturated rings. The summed E-state index contributed by atoms with van der Waals surface area (Å²) in [7, 11) is 0. The number of carbonyl (C=O) groups is 1. The van der Waals surface area contributed by atoms with Crippen LogP contribution in [0, 0.1) is 46.3 Å². The van der Waals surface area contributed by atoms with Crippen LogP contribution >= 0.6 is 0 Å². The summed E-state index contributed by atoms with van der Waals surface area (Å²) in [6.07, 6.45) is 8.39. The van der Waals surface area contributed by atoms with Crippen LogP contribution < -0.4 is 0 Å². The Morgan fingerprint density at radius 1 is 1.05 bits per heavy atom. The molecule has 4 aliphatic carbocycles. The third kappa shape index (κ3) is 2.18. The van der Waals surface area contributed by atoms with Crippen LogP contribution in [-0.2, 0) is 4.79 Å². The molecule has 0 spiro atoms. The first-order valence-corrected chi connectivity index (χ1v) is 8.78. The standard InChI is InChI=1S/C18H26N2O/c1-18(11-19)2-4-20(5-3-18)17(21)16-14-7-12-6-13(9-14)10-15(16)8-12/h12-16H,2-10H2,1H3. The van der Waals surface area contributed by atoms with Crippen LogP contribution in [0.5, 0.6) is 0 Å². The van der Waals surface area contributed by atoms with Crippen molar-refractivity contribution in [3.8, 4) is 6.07 Å².